The first-order chi connectivity index (χ1) is 14.8. The Balaban J connectivity index is 0.00000272. The van der Waals surface area contributed by atoms with Gasteiger partial charge in [0.2, 0.25) is 0 Å². The van der Waals surface area contributed by atoms with Gasteiger partial charge in [0.1, 0.15) is 5.82 Å². The minimum absolute atomic E-state index is 0. The van der Waals surface area contributed by atoms with E-state index >= 15 is 0 Å². The van der Waals surface area contributed by atoms with Gasteiger partial charge in [0.25, 0.3) is 0 Å². The molecule has 31 heavy (non-hydrogen) atoms. The van der Waals surface area contributed by atoms with Gasteiger partial charge in [0.15, 0.2) is 11.6 Å². The summed E-state index contributed by atoms with van der Waals surface area (Å²) in [5.41, 5.74) is 1.07. The Morgan fingerprint density at radius 1 is 1.13 bits per heavy atom. The van der Waals surface area contributed by atoms with E-state index in [0.717, 1.165) is 69.8 Å². The third-order valence-corrected chi connectivity index (χ3v) is 6.37. The van der Waals surface area contributed by atoms with Crippen LogP contribution in [0.3, 0.4) is 0 Å². The van der Waals surface area contributed by atoms with Crippen molar-refractivity contribution in [3.05, 3.63) is 30.2 Å². The quantitative estimate of drug-likeness (QED) is 0.319. The normalized spacial score (nSPS) is 19.7. The Morgan fingerprint density at radius 2 is 1.94 bits per heavy atom. The molecule has 172 valence electrons. The second kappa shape index (κ2) is 12.0. The highest BCUT2D eigenvalue weighted by molar-refractivity contribution is 14.0. The maximum absolute atomic E-state index is 5.60. The summed E-state index contributed by atoms with van der Waals surface area (Å²) in [6, 6.07) is 5.97. The molecule has 1 saturated heterocycles. The van der Waals surface area contributed by atoms with Gasteiger partial charge in [-0.05, 0) is 31.9 Å². The molecule has 0 bridgehead atoms. The lowest BCUT2D eigenvalue weighted by Gasteiger charge is -2.47. The average molecular weight is 541 g/mol. The lowest BCUT2D eigenvalue weighted by molar-refractivity contribution is -0.0333. The SMILES string of the molecule is CCNC(=NCC1(N2CCOCC2)CCCCC1)NCCc1nnc2ccccn12.I. The molecule has 0 atom stereocenters. The second-order valence-electron chi connectivity index (χ2n) is 8.30. The van der Waals surface area contributed by atoms with Crippen LogP contribution in [0.25, 0.3) is 5.65 Å². The van der Waals surface area contributed by atoms with Gasteiger partial charge in [-0.25, -0.2) is 0 Å². The number of nitrogens with zero attached hydrogens (tertiary/aromatic N) is 5. The van der Waals surface area contributed by atoms with Gasteiger partial charge in [-0.1, -0.05) is 25.3 Å². The molecule has 9 heteroatoms. The van der Waals surface area contributed by atoms with Crippen molar-refractivity contribution in [1.82, 2.24) is 30.1 Å². The van der Waals surface area contributed by atoms with Gasteiger partial charge in [-0.15, -0.1) is 34.2 Å². The molecule has 0 unspecified atom stereocenters. The number of guanidine groups is 1. The largest absolute Gasteiger partial charge is 0.379 e. The molecule has 8 nitrogen and oxygen atoms in total. The van der Waals surface area contributed by atoms with Gasteiger partial charge >= 0.3 is 0 Å². The van der Waals surface area contributed by atoms with Crippen molar-refractivity contribution in [2.75, 3.05) is 45.9 Å². The van der Waals surface area contributed by atoms with Gasteiger partial charge in [-0.3, -0.25) is 14.3 Å². The smallest absolute Gasteiger partial charge is 0.191 e. The number of hydrogen-bond donors (Lipinski definition) is 2. The van der Waals surface area contributed by atoms with Crippen molar-refractivity contribution in [2.45, 2.75) is 51.0 Å². The summed E-state index contributed by atoms with van der Waals surface area (Å²) in [6.07, 6.45) is 9.24. The van der Waals surface area contributed by atoms with Gasteiger partial charge < -0.3 is 15.4 Å². The molecule has 2 aromatic heterocycles. The molecule has 2 fully saturated rings. The van der Waals surface area contributed by atoms with Gasteiger partial charge in [-0.2, -0.15) is 0 Å². The number of aromatic nitrogens is 3. The van der Waals surface area contributed by atoms with Crippen LogP contribution >= 0.6 is 24.0 Å². The fourth-order valence-electron chi connectivity index (χ4n) is 4.74. The number of morpholine rings is 1. The monoisotopic (exact) mass is 541 g/mol. The Labute approximate surface area is 202 Å². The zero-order valence-electron chi connectivity index (χ0n) is 18.6. The van der Waals surface area contributed by atoms with Crippen molar-refractivity contribution in [1.29, 1.82) is 0 Å². The van der Waals surface area contributed by atoms with Crippen LogP contribution in [0.4, 0.5) is 0 Å². The molecule has 2 aromatic rings. The molecule has 0 amide bonds. The topological polar surface area (TPSA) is 79.1 Å². The first-order valence-electron chi connectivity index (χ1n) is 11.4. The molecule has 1 aliphatic heterocycles. The maximum atomic E-state index is 5.60. The summed E-state index contributed by atoms with van der Waals surface area (Å²) >= 11 is 0. The van der Waals surface area contributed by atoms with E-state index < -0.39 is 0 Å². The molecule has 0 spiro atoms. The molecule has 4 rings (SSSR count). The molecule has 1 aliphatic carbocycles. The minimum Gasteiger partial charge on any atom is -0.379 e. The van der Waals surface area contributed by atoms with Crippen LogP contribution in [0.2, 0.25) is 0 Å². The van der Waals surface area contributed by atoms with E-state index in [4.69, 9.17) is 9.73 Å². The number of fused-ring (bicyclic) bond motifs is 1. The molecule has 2 aliphatic rings. The molecule has 0 aromatic carbocycles. The van der Waals surface area contributed by atoms with Crippen molar-refractivity contribution in [3.63, 3.8) is 0 Å². The summed E-state index contributed by atoms with van der Waals surface area (Å²) in [4.78, 5) is 7.68. The van der Waals surface area contributed by atoms with Crippen molar-refractivity contribution in [2.24, 2.45) is 4.99 Å². The lowest BCUT2D eigenvalue weighted by Crippen LogP contribution is -2.56. The van der Waals surface area contributed by atoms with Crippen molar-refractivity contribution >= 4 is 35.6 Å². The first kappa shape index (κ1) is 24.2. The predicted molar refractivity (Wildman–Crippen MR) is 134 cm³/mol. The zero-order valence-corrected chi connectivity index (χ0v) is 20.9. The fourth-order valence-corrected chi connectivity index (χ4v) is 4.74. The van der Waals surface area contributed by atoms with E-state index in [2.05, 4.69) is 32.7 Å². The van der Waals surface area contributed by atoms with Crippen LogP contribution in [-0.2, 0) is 11.2 Å². The number of aliphatic imine (C=N–C) groups is 1. The van der Waals surface area contributed by atoms with E-state index in [9.17, 15) is 0 Å². The number of halogens is 1. The molecular weight excluding hydrogens is 505 g/mol. The van der Waals surface area contributed by atoms with Crippen LogP contribution in [0, 0.1) is 0 Å². The van der Waals surface area contributed by atoms with Crippen LogP contribution in [0.15, 0.2) is 29.4 Å². The second-order valence-corrected chi connectivity index (χ2v) is 8.30. The van der Waals surface area contributed by atoms with Crippen molar-refractivity contribution < 1.29 is 4.74 Å². The first-order valence-corrected chi connectivity index (χ1v) is 11.4. The number of ether oxygens (including phenoxy) is 1. The molecular formula is C22H36IN7O. The van der Waals surface area contributed by atoms with Crippen LogP contribution < -0.4 is 10.6 Å². The molecule has 1 saturated carbocycles. The summed E-state index contributed by atoms with van der Waals surface area (Å²) in [5.74, 6) is 1.86. The average Bonchev–Trinajstić information content (AvgIpc) is 3.22. The summed E-state index contributed by atoms with van der Waals surface area (Å²) in [6.45, 7) is 8.32. The third kappa shape index (κ3) is 6.07. The number of nitrogens with one attached hydrogen (secondary N) is 2. The van der Waals surface area contributed by atoms with Crippen LogP contribution in [0.5, 0.6) is 0 Å². The van der Waals surface area contributed by atoms with Gasteiger partial charge in [0, 0.05) is 44.3 Å². The third-order valence-electron chi connectivity index (χ3n) is 6.37. The lowest BCUT2D eigenvalue weighted by atomic mass is 9.80. The predicted octanol–water partition coefficient (Wildman–Crippen LogP) is 2.48. The number of hydrogen-bond acceptors (Lipinski definition) is 5. The molecule has 3 heterocycles. The van der Waals surface area contributed by atoms with Crippen LogP contribution in [0.1, 0.15) is 44.9 Å². The highest BCUT2D eigenvalue weighted by Crippen LogP contribution is 2.34. The standard InChI is InChI=1S/C22H35N7O.HI/c1-2-23-21(24-12-9-20-27-26-19-8-4-7-13-29(19)20)25-18-22(10-5-3-6-11-22)28-14-16-30-17-15-28;/h4,7-8,13H,2-3,5-6,9-12,14-18H2,1H3,(H2,23,24,25);1H. The summed E-state index contributed by atoms with van der Waals surface area (Å²) in [7, 11) is 0. The number of rotatable bonds is 7. The fraction of sp³-hybridized carbons (Fsp3) is 0.682. The Kier molecular flexibility index (Phi) is 9.33. The van der Waals surface area contributed by atoms with Gasteiger partial charge in [0.05, 0.1) is 19.8 Å². The number of pyridine rings is 1. The van der Waals surface area contributed by atoms with E-state index in [1.165, 1.54) is 32.1 Å². The van der Waals surface area contributed by atoms with Crippen molar-refractivity contribution in [3.8, 4) is 0 Å². The van der Waals surface area contributed by atoms with E-state index in [-0.39, 0.29) is 29.5 Å². The molecule has 0 radical (unpaired) electrons. The Bertz CT molecular complexity index is 828. The van der Waals surface area contributed by atoms with E-state index in [0.29, 0.717) is 0 Å². The zero-order chi connectivity index (χ0) is 20.7. The maximum Gasteiger partial charge on any atom is 0.191 e. The van der Waals surface area contributed by atoms with Crippen LogP contribution in [-0.4, -0.2) is 76.9 Å². The Hall–Kier alpha value is -1.46. The van der Waals surface area contributed by atoms with E-state index in [1.807, 2.05) is 28.8 Å². The Morgan fingerprint density at radius 3 is 2.71 bits per heavy atom. The summed E-state index contributed by atoms with van der Waals surface area (Å²) in [5, 5.41) is 15.5. The highest BCUT2D eigenvalue weighted by atomic mass is 127. The van der Waals surface area contributed by atoms with E-state index in [1.54, 1.807) is 0 Å². The highest BCUT2D eigenvalue weighted by Gasteiger charge is 2.38. The summed E-state index contributed by atoms with van der Waals surface area (Å²) < 4.78 is 7.65. The minimum atomic E-state index is 0. The molecule has 2 N–H and O–H groups in total.